The van der Waals surface area contributed by atoms with Gasteiger partial charge in [0.05, 0.1) is 29.0 Å². The highest BCUT2D eigenvalue weighted by atomic mass is 15.1. The molecule has 3 aromatic heterocycles. The van der Waals surface area contributed by atoms with Crippen LogP contribution in [0.5, 0.6) is 0 Å². The number of aromatic nitrogens is 3. The molecule has 1 aliphatic carbocycles. The van der Waals surface area contributed by atoms with Crippen LogP contribution in [-0.2, 0) is 7.05 Å². The normalized spacial score (nSPS) is 14.9. The first-order valence-corrected chi connectivity index (χ1v) is 13.8. The van der Waals surface area contributed by atoms with Crippen LogP contribution in [0.1, 0.15) is 60.3 Å². The monoisotopic (exact) mass is 484 g/mol. The van der Waals surface area contributed by atoms with Crippen molar-refractivity contribution in [2.24, 2.45) is 7.05 Å². The lowest BCUT2D eigenvalue weighted by atomic mass is 9.82. The fourth-order valence-electron chi connectivity index (χ4n) is 7.08. The van der Waals surface area contributed by atoms with E-state index >= 15 is 0 Å². The molecule has 37 heavy (non-hydrogen) atoms. The summed E-state index contributed by atoms with van der Waals surface area (Å²) in [6.07, 6.45) is 6.55. The van der Waals surface area contributed by atoms with E-state index in [1.807, 2.05) is 0 Å². The van der Waals surface area contributed by atoms with Crippen LogP contribution >= 0.6 is 0 Å². The van der Waals surface area contributed by atoms with Crippen molar-refractivity contribution in [3.8, 4) is 11.3 Å². The van der Waals surface area contributed by atoms with E-state index in [2.05, 4.69) is 104 Å². The number of hydrogen-bond acceptors (Lipinski definition) is 1. The van der Waals surface area contributed by atoms with Gasteiger partial charge in [-0.05, 0) is 86.1 Å². The lowest BCUT2D eigenvalue weighted by Gasteiger charge is -2.23. The molecule has 0 N–H and O–H groups in total. The molecule has 0 aliphatic heterocycles. The molecule has 1 aliphatic rings. The predicted octanol–water partition coefficient (Wildman–Crippen LogP) is 8.26. The molecular weight excluding hydrogens is 450 g/mol. The first-order chi connectivity index (χ1) is 18.0. The maximum absolute atomic E-state index is 5.55. The van der Waals surface area contributed by atoms with Crippen LogP contribution in [0.2, 0.25) is 0 Å². The molecule has 0 spiro atoms. The Morgan fingerprint density at radius 3 is 2.24 bits per heavy atom. The first kappa shape index (κ1) is 22.5. The molecule has 0 radical (unpaired) electrons. The third-order valence-electron chi connectivity index (χ3n) is 8.79. The van der Waals surface area contributed by atoms with Crippen molar-refractivity contribution < 1.29 is 4.57 Å². The van der Waals surface area contributed by atoms with Gasteiger partial charge in [-0.25, -0.2) is 9.55 Å². The Morgan fingerprint density at radius 2 is 1.46 bits per heavy atom. The molecule has 184 valence electrons. The SMILES string of the molecule is Cc1cccc(C)c1-c1cc(C)c2c(n1)c1c(C3CCCCC3)cccc1n1c3ccccc3[n+](C)c21. The minimum Gasteiger partial charge on any atom is -0.247 e. The minimum atomic E-state index is 0.597. The van der Waals surface area contributed by atoms with Crippen molar-refractivity contribution in [3.63, 3.8) is 0 Å². The topological polar surface area (TPSA) is 21.2 Å². The quantitative estimate of drug-likeness (QED) is 0.179. The van der Waals surface area contributed by atoms with Crippen molar-refractivity contribution >= 4 is 38.5 Å². The van der Waals surface area contributed by atoms with E-state index in [1.165, 1.54) is 92.9 Å². The molecule has 3 nitrogen and oxygen atoms in total. The van der Waals surface area contributed by atoms with Crippen LogP contribution in [0.25, 0.3) is 49.7 Å². The van der Waals surface area contributed by atoms with E-state index in [4.69, 9.17) is 4.98 Å². The van der Waals surface area contributed by atoms with Crippen molar-refractivity contribution in [1.29, 1.82) is 0 Å². The Hall–Kier alpha value is -3.72. The highest BCUT2D eigenvalue weighted by Gasteiger charge is 2.28. The molecule has 0 bridgehead atoms. The largest absolute Gasteiger partial charge is 0.297 e. The van der Waals surface area contributed by atoms with E-state index in [0.29, 0.717) is 5.92 Å². The molecule has 0 unspecified atom stereocenters. The number of nitrogens with zero attached hydrogens (tertiary/aromatic N) is 3. The van der Waals surface area contributed by atoms with E-state index in [-0.39, 0.29) is 0 Å². The molecule has 0 amide bonds. The minimum absolute atomic E-state index is 0.597. The number of benzene rings is 3. The highest BCUT2D eigenvalue weighted by Crippen LogP contribution is 2.42. The van der Waals surface area contributed by atoms with E-state index in [1.54, 1.807) is 0 Å². The molecule has 1 saturated carbocycles. The number of fused-ring (bicyclic) bond motifs is 8. The first-order valence-electron chi connectivity index (χ1n) is 13.8. The van der Waals surface area contributed by atoms with Gasteiger partial charge in [0.1, 0.15) is 5.52 Å². The lowest BCUT2D eigenvalue weighted by molar-refractivity contribution is -0.617. The number of rotatable bonds is 2. The molecule has 3 heterocycles. The molecule has 0 saturated heterocycles. The third kappa shape index (κ3) is 3.26. The molecular formula is C34H34N3+. The van der Waals surface area contributed by atoms with Gasteiger partial charge in [-0.3, -0.25) is 0 Å². The lowest BCUT2D eigenvalue weighted by Crippen LogP contribution is -2.27. The van der Waals surface area contributed by atoms with Crippen LogP contribution in [0, 0.1) is 20.8 Å². The van der Waals surface area contributed by atoms with Crippen molar-refractivity contribution in [3.05, 3.63) is 89.0 Å². The Labute approximate surface area is 218 Å². The van der Waals surface area contributed by atoms with Gasteiger partial charge in [0.15, 0.2) is 11.0 Å². The zero-order valence-electron chi connectivity index (χ0n) is 22.3. The Balaban J connectivity index is 1.72. The van der Waals surface area contributed by atoms with Gasteiger partial charge in [-0.2, -0.15) is 4.40 Å². The summed E-state index contributed by atoms with van der Waals surface area (Å²) in [5, 5.41) is 2.61. The summed E-state index contributed by atoms with van der Waals surface area (Å²) in [5.41, 5.74) is 13.8. The van der Waals surface area contributed by atoms with Crippen molar-refractivity contribution in [2.75, 3.05) is 0 Å². The fourth-order valence-corrected chi connectivity index (χ4v) is 7.08. The average molecular weight is 485 g/mol. The zero-order valence-corrected chi connectivity index (χ0v) is 22.3. The summed E-state index contributed by atoms with van der Waals surface area (Å²) in [7, 11) is 2.20. The van der Waals surface area contributed by atoms with Crippen LogP contribution in [-0.4, -0.2) is 9.38 Å². The van der Waals surface area contributed by atoms with Crippen molar-refractivity contribution in [1.82, 2.24) is 9.38 Å². The molecule has 1 fully saturated rings. The molecule has 0 atom stereocenters. The van der Waals surface area contributed by atoms with Crippen molar-refractivity contribution in [2.45, 2.75) is 58.8 Å². The second kappa shape index (κ2) is 8.41. The Morgan fingerprint density at radius 1 is 0.757 bits per heavy atom. The summed E-state index contributed by atoms with van der Waals surface area (Å²) >= 11 is 0. The Kier molecular flexibility index (Phi) is 5.11. The van der Waals surface area contributed by atoms with Gasteiger partial charge in [-0.1, -0.05) is 61.7 Å². The van der Waals surface area contributed by atoms with Crippen LogP contribution in [0.15, 0.2) is 66.7 Å². The maximum Gasteiger partial charge on any atom is 0.297 e. The second-order valence-electron chi connectivity index (χ2n) is 11.1. The van der Waals surface area contributed by atoms with Gasteiger partial charge in [-0.15, -0.1) is 0 Å². The zero-order chi connectivity index (χ0) is 25.3. The van der Waals surface area contributed by atoms with Gasteiger partial charge in [0, 0.05) is 5.56 Å². The van der Waals surface area contributed by atoms with Gasteiger partial charge >= 0.3 is 0 Å². The standard InChI is InChI=1S/C34H34N3/c1-21-12-10-13-22(2)30(21)26-20-23(3)31-33(35-26)32-25(24-14-6-5-7-15-24)16-11-19-29(32)37-28-18-9-8-17-27(28)36(4)34(31)37/h8-13,16-20,24H,5-7,14-15H2,1-4H3/q+1. The maximum atomic E-state index is 5.55. The average Bonchev–Trinajstić information content (AvgIpc) is 3.21. The summed E-state index contributed by atoms with van der Waals surface area (Å²) < 4.78 is 4.85. The van der Waals surface area contributed by atoms with Gasteiger partial charge in [0.2, 0.25) is 0 Å². The third-order valence-corrected chi connectivity index (χ3v) is 8.79. The van der Waals surface area contributed by atoms with Gasteiger partial charge < -0.3 is 0 Å². The second-order valence-corrected chi connectivity index (χ2v) is 11.1. The van der Waals surface area contributed by atoms with E-state index in [0.717, 1.165) is 11.2 Å². The number of pyridine rings is 2. The van der Waals surface area contributed by atoms with Crippen LogP contribution < -0.4 is 4.57 Å². The summed E-state index contributed by atoms with van der Waals surface area (Å²) in [6, 6.07) is 24.6. The molecule has 3 heteroatoms. The smallest absolute Gasteiger partial charge is 0.247 e. The molecule has 7 rings (SSSR count). The predicted molar refractivity (Wildman–Crippen MR) is 154 cm³/mol. The molecule has 3 aromatic carbocycles. The summed E-state index contributed by atoms with van der Waals surface area (Å²) in [6.45, 7) is 6.68. The highest BCUT2D eigenvalue weighted by molar-refractivity contribution is 6.13. The fraction of sp³-hybridized carbons (Fsp3) is 0.294. The Bertz CT molecular complexity index is 1830. The molecule has 6 aromatic rings. The summed E-state index contributed by atoms with van der Waals surface area (Å²) in [4.78, 5) is 5.55. The number of aryl methyl sites for hydroxylation is 4. The van der Waals surface area contributed by atoms with E-state index < -0.39 is 0 Å². The van der Waals surface area contributed by atoms with Gasteiger partial charge in [0.25, 0.3) is 5.65 Å². The van der Waals surface area contributed by atoms with Crippen LogP contribution in [0.3, 0.4) is 0 Å². The van der Waals surface area contributed by atoms with E-state index in [9.17, 15) is 0 Å². The summed E-state index contributed by atoms with van der Waals surface area (Å²) in [5.74, 6) is 0.597. The number of para-hydroxylation sites is 2. The number of hydrogen-bond donors (Lipinski definition) is 0. The number of imidazole rings is 1. The van der Waals surface area contributed by atoms with Crippen LogP contribution in [0.4, 0.5) is 0 Å².